The number of carbonyl (C=O) groups is 2. The van der Waals surface area contributed by atoms with Gasteiger partial charge in [-0.3, -0.25) is 14.6 Å². The molecule has 2 atom stereocenters. The molecular formula is C21H22N8O2. The Balaban J connectivity index is 1.77. The zero-order chi connectivity index (χ0) is 22.5. The zero-order valence-corrected chi connectivity index (χ0v) is 17.5. The molecule has 10 nitrogen and oxygen atoms in total. The van der Waals surface area contributed by atoms with Crippen molar-refractivity contribution in [2.24, 2.45) is 5.92 Å². The maximum absolute atomic E-state index is 12.5. The van der Waals surface area contributed by atoms with Crippen LogP contribution in [0.1, 0.15) is 32.4 Å². The molecule has 3 rings (SSSR count). The molecule has 158 valence electrons. The highest BCUT2D eigenvalue weighted by Gasteiger charge is 2.29. The number of carbonyl (C=O) groups excluding carboxylic acids is 2. The van der Waals surface area contributed by atoms with Crippen molar-refractivity contribution < 1.29 is 9.59 Å². The molecule has 0 spiro atoms. The van der Waals surface area contributed by atoms with E-state index in [1.807, 2.05) is 12.1 Å². The van der Waals surface area contributed by atoms with Gasteiger partial charge in [-0.15, -0.1) is 0 Å². The molecule has 2 N–H and O–H groups in total. The maximum Gasteiger partial charge on any atom is 0.245 e. The van der Waals surface area contributed by atoms with E-state index in [1.165, 1.54) is 23.5 Å². The van der Waals surface area contributed by atoms with Gasteiger partial charge in [0.25, 0.3) is 0 Å². The number of amides is 2. The predicted molar refractivity (Wildman–Crippen MR) is 112 cm³/mol. The maximum atomic E-state index is 12.5. The molecular weight excluding hydrogens is 396 g/mol. The Morgan fingerprint density at radius 3 is 2.48 bits per heavy atom. The van der Waals surface area contributed by atoms with E-state index in [0.29, 0.717) is 22.8 Å². The fourth-order valence-electron chi connectivity index (χ4n) is 2.80. The number of nitrogens with one attached hydrogen (secondary N) is 2. The number of rotatable bonds is 7. The van der Waals surface area contributed by atoms with E-state index in [0.717, 1.165) is 12.8 Å². The molecule has 0 saturated heterocycles. The van der Waals surface area contributed by atoms with Crippen LogP contribution in [0.4, 0.5) is 11.5 Å². The Bertz CT molecular complexity index is 1070. The van der Waals surface area contributed by atoms with Gasteiger partial charge in [-0.05, 0) is 32.8 Å². The largest absolute Gasteiger partial charge is 0.372 e. The molecule has 0 radical (unpaired) electrons. The fourth-order valence-corrected chi connectivity index (χ4v) is 2.80. The Morgan fingerprint density at radius 2 is 1.90 bits per heavy atom. The molecule has 2 amide bonds. The Kier molecular flexibility index (Phi) is 6.41. The molecule has 0 aliphatic heterocycles. The molecule has 31 heavy (non-hydrogen) atoms. The second kappa shape index (κ2) is 9.18. The van der Waals surface area contributed by atoms with Gasteiger partial charge in [0, 0.05) is 24.7 Å². The van der Waals surface area contributed by atoms with Crippen LogP contribution in [0.2, 0.25) is 0 Å². The third-order valence-corrected chi connectivity index (χ3v) is 5.00. The van der Waals surface area contributed by atoms with Crippen molar-refractivity contribution in [1.82, 2.24) is 19.9 Å². The van der Waals surface area contributed by atoms with Gasteiger partial charge in [0.2, 0.25) is 11.8 Å². The minimum absolute atomic E-state index is 0.0529. The summed E-state index contributed by atoms with van der Waals surface area (Å²) in [4.78, 5) is 38.4. The number of nitriles is 2. The summed E-state index contributed by atoms with van der Waals surface area (Å²) < 4.78 is 0. The van der Waals surface area contributed by atoms with Gasteiger partial charge in [0.1, 0.15) is 18.2 Å². The first-order valence-electron chi connectivity index (χ1n) is 9.80. The van der Waals surface area contributed by atoms with Crippen LogP contribution < -0.4 is 10.6 Å². The summed E-state index contributed by atoms with van der Waals surface area (Å²) in [5.41, 5.74) is 1.58. The SMILES string of the molecule is CC(Nc1cc(-c2cnc(NC(=O)C3CC3)cn2)cnc1C#N)C(=O)N(C)C(C)C#N. The lowest BCUT2D eigenvalue weighted by Crippen LogP contribution is -2.43. The van der Waals surface area contributed by atoms with Crippen LogP contribution in [0.25, 0.3) is 11.3 Å². The standard InChI is InChI=1S/C21H22N8O2/c1-12(7-22)29(3)21(31)13(2)27-16-6-15(9-24-17(16)8-23)18-10-26-19(11-25-18)28-20(30)14-4-5-14/h6,9-14,27H,4-5H2,1-3H3,(H,26,28,30). The summed E-state index contributed by atoms with van der Waals surface area (Å²) in [6.45, 7) is 3.27. The van der Waals surface area contributed by atoms with Gasteiger partial charge >= 0.3 is 0 Å². The van der Waals surface area contributed by atoms with Crippen LogP contribution in [0.15, 0.2) is 24.7 Å². The van der Waals surface area contributed by atoms with Gasteiger partial charge in [0.15, 0.2) is 11.5 Å². The highest BCUT2D eigenvalue weighted by Crippen LogP contribution is 2.30. The molecule has 2 heterocycles. The molecule has 1 aliphatic carbocycles. The topological polar surface area (TPSA) is 148 Å². The summed E-state index contributed by atoms with van der Waals surface area (Å²) >= 11 is 0. The summed E-state index contributed by atoms with van der Waals surface area (Å²) in [5.74, 6) is 0.0917. The minimum Gasteiger partial charge on any atom is -0.372 e. The molecule has 2 aromatic heterocycles. The lowest BCUT2D eigenvalue weighted by Gasteiger charge is -2.24. The van der Waals surface area contributed by atoms with Crippen LogP contribution >= 0.6 is 0 Å². The van der Waals surface area contributed by atoms with Crippen LogP contribution in [0.5, 0.6) is 0 Å². The smallest absolute Gasteiger partial charge is 0.245 e. The van der Waals surface area contributed by atoms with Crippen molar-refractivity contribution in [3.05, 3.63) is 30.4 Å². The Morgan fingerprint density at radius 1 is 1.16 bits per heavy atom. The van der Waals surface area contributed by atoms with Crippen LogP contribution in [0, 0.1) is 28.6 Å². The third kappa shape index (κ3) is 5.11. The van der Waals surface area contributed by atoms with Crippen molar-refractivity contribution >= 4 is 23.3 Å². The number of hydrogen-bond acceptors (Lipinski definition) is 8. The summed E-state index contributed by atoms with van der Waals surface area (Å²) in [6.07, 6.45) is 6.26. The first kappa shape index (κ1) is 21.7. The first-order chi connectivity index (χ1) is 14.8. The number of nitrogens with zero attached hydrogens (tertiary/aromatic N) is 6. The number of likely N-dealkylation sites (N-methyl/N-ethyl adjacent to an activating group) is 1. The van der Waals surface area contributed by atoms with E-state index in [4.69, 9.17) is 5.26 Å². The molecule has 0 bridgehead atoms. The lowest BCUT2D eigenvalue weighted by atomic mass is 10.1. The van der Waals surface area contributed by atoms with Crippen molar-refractivity contribution in [2.45, 2.75) is 38.8 Å². The molecule has 1 aliphatic rings. The summed E-state index contributed by atoms with van der Waals surface area (Å²) in [6, 6.07) is 4.41. The van der Waals surface area contributed by atoms with E-state index in [9.17, 15) is 14.9 Å². The Hall–Kier alpha value is -4.05. The molecule has 2 unspecified atom stereocenters. The zero-order valence-electron chi connectivity index (χ0n) is 17.5. The normalized spacial score (nSPS) is 14.5. The van der Waals surface area contributed by atoms with Crippen molar-refractivity contribution in [1.29, 1.82) is 10.5 Å². The fraction of sp³-hybridized carbons (Fsp3) is 0.381. The highest BCUT2D eigenvalue weighted by molar-refractivity contribution is 5.93. The van der Waals surface area contributed by atoms with Gasteiger partial charge in [-0.25, -0.2) is 9.97 Å². The van der Waals surface area contributed by atoms with Gasteiger partial charge in [-0.2, -0.15) is 10.5 Å². The molecule has 1 saturated carbocycles. The van der Waals surface area contributed by atoms with Gasteiger partial charge in [-0.1, -0.05) is 0 Å². The third-order valence-electron chi connectivity index (χ3n) is 5.00. The van der Waals surface area contributed by atoms with Crippen LogP contribution in [-0.2, 0) is 9.59 Å². The molecule has 0 aromatic carbocycles. The van der Waals surface area contributed by atoms with Crippen LogP contribution in [0.3, 0.4) is 0 Å². The highest BCUT2D eigenvalue weighted by atomic mass is 16.2. The molecule has 2 aromatic rings. The number of aromatic nitrogens is 3. The first-order valence-corrected chi connectivity index (χ1v) is 9.80. The average Bonchev–Trinajstić information content (AvgIpc) is 3.63. The average molecular weight is 418 g/mol. The summed E-state index contributed by atoms with van der Waals surface area (Å²) in [7, 11) is 1.55. The van der Waals surface area contributed by atoms with Gasteiger partial charge in [0.05, 0.1) is 29.8 Å². The monoisotopic (exact) mass is 418 g/mol. The van der Waals surface area contributed by atoms with Crippen molar-refractivity contribution in [3.8, 4) is 23.4 Å². The second-order valence-electron chi connectivity index (χ2n) is 7.40. The number of hydrogen-bond donors (Lipinski definition) is 2. The van der Waals surface area contributed by atoms with Crippen molar-refractivity contribution in [3.63, 3.8) is 0 Å². The van der Waals surface area contributed by atoms with Gasteiger partial charge < -0.3 is 15.5 Å². The quantitative estimate of drug-likeness (QED) is 0.693. The van der Waals surface area contributed by atoms with Crippen molar-refractivity contribution in [2.75, 3.05) is 17.7 Å². The van der Waals surface area contributed by atoms with Crippen LogP contribution in [-0.4, -0.2) is 50.8 Å². The molecule has 10 heteroatoms. The summed E-state index contributed by atoms with van der Waals surface area (Å²) in [5, 5.41) is 24.1. The minimum atomic E-state index is -0.684. The van der Waals surface area contributed by atoms with E-state index in [2.05, 4.69) is 25.6 Å². The van der Waals surface area contributed by atoms with E-state index >= 15 is 0 Å². The van der Waals surface area contributed by atoms with E-state index in [1.54, 1.807) is 27.0 Å². The second-order valence-corrected chi connectivity index (χ2v) is 7.40. The van der Waals surface area contributed by atoms with E-state index < -0.39 is 12.1 Å². The number of pyridine rings is 1. The number of anilines is 2. The predicted octanol–water partition coefficient (Wildman–Crippen LogP) is 1.93. The Labute approximate surface area is 179 Å². The lowest BCUT2D eigenvalue weighted by molar-refractivity contribution is -0.131. The molecule has 1 fully saturated rings. The van der Waals surface area contributed by atoms with E-state index in [-0.39, 0.29) is 23.4 Å².